The van der Waals surface area contributed by atoms with Crippen LogP contribution in [-0.4, -0.2) is 23.6 Å². The van der Waals surface area contributed by atoms with Crippen LogP contribution in [0.15, 0.2) is 32.7 Å². The molecule has 1 aliphatic carbocycles. The smallest absolute Gasteiger partial charge is 0.307 e. The maximum absolute atomic E-state index is 12.3. The molecule has 1 aromatic carbocycles. The Hall–Kier alpha value is -2.95. The zero-order valence-electron chi connectivity index (χ0n) is 12.1. The minimum Gasteiger partial charge on any atom is -0.307 e. The van der Waals surface area contributed by atoms with E-state index in [0.717, 1.165) is 6.07 Å². The Bertz CT molecular complexity index is 1140. The van der Waals surface area contributed by atoms with Crippen molar-refractivity contribution < 1.29 is 12.6 Å². The second-order valence-electron chi connectivity index (χ2n) is 5.33. The first kappa shape index (κ1) is 15.9. The Morgan fingerprint density at radius 1 is 1.29 bits per heavy atom. The third kappa shape index (κ3) is 2.58. The van der Waals surface area contributed by atoms with Crippen molar-refractivity contribution in [2.24, 2.45) is 0 Å². The van der Waals surface area contributed by atoms with Crippen LogP contribution in [0.4, 0.5) is 0 Å². The van der Waals surface area contributed by atoms with Gasteiger partial charge in [-0.2, -0.15) is 18.9 Å². The molecule has 0 spiro atoms. The monoisotopic (exact) mass is 346 g/mol. The minimum atomic E-state index is -4.24. The van der Waals surface area contributed by atoms with E-state index in [9.17, 15) is 18.0 Å². The van der Waals surface area contributed by atoms with E-state index in [1.807, 2.05) is 6.07 Å². The lowest BCUT2D eigenvalue weighted by Crippen LogP contribution is -2.34. The maximum Gasteiger partial charge on any atom is 0.329 e. The van der Waals surface area contributed by atoms with Crippen molar-refractivity contribution in [2.45, 2.75) is 29.9 Å². The number of nitrogens with zero attached hydrogens (tertiary/aromatic N) is 3. The Morgan fingerprint density at radius 3 is 2.58 bits per heavy atom. The number of hydrogen-bond donors (Lipinski definition) is 1. The summed E-state index contributed by atoms with van der Waals surface area (Å²) in [6.07, 6.45) is 0.636. The van der Waals surface area contributed by atoms with Gasteiger partial charge in [0.05, 0.1) is 27.9 Å². The Morgan fingerprint density at radius 2 is 2.00 bits per heavy atom. The molecule has 122 valence electrons. The number of benzene rings is 1. The van der Waals surface area contributed by atoms with Crippen LogP contribution in [0.1, 0.15) is 12.8 Å². The summed E-state index contributed by atoms with van der Waals surface area (Å²) in [6, 6.07) is 6.99. The molecule has 1 aromatic heterocycles. The van der Waals surface area contributed by atoms with Crippen LogP contribution in [0, 0.1) is 22.7 Å². The number of nitriles is 2. The molecule has 0 unspecified atom stereocenters. The summed E-state index contributed by atoms with van der Waals surface area (Å²) >= 11 is 0. The molecule has 0 amide bonds. The van der Waals surface area contributed by atoms with Crippen molar-refractivity contribution in [3.8, 4) is 12.1 Å². The number of aromatic nitrogens is 2. The average molecular weight is 346 g/mol. The zero-order valence-corrected chi connectivity index (χ0v) is 13.0. The third-order valence-electron chi connectivity index (χ3n) is 3.65. The van der Waals surface area contributed by atoms with Crippen LogP contribution in [-0.2, 0) is 20.8 Å². The first-order valence-electron chi connectivity index (χ1n) is 6.83. The molecule has 2 aromatic rings. The summed E-state index contributed by atoms with van der Waals surface area (Å²) in [7, 11) is -4.24. The number of H-pyrrole nitrogens is 1. The SMILES string of the molecule is N#CCn1c(=O)[nH]c2ccc(S(=O)(=O)OC3(C#N)CC3)cc2c1=O. The van der Waals surface area contributed by atoms with Gasteiger partial charge in [0, 0.05) is 0 Å². The second kappa shape index (κ2) is 5.30. The molecule has 3 rings (SSSR count). The highest BCUT2D eigenvalue weighted by Crippen LogP contribution is 2.41. The van der Waals surface area contributed by atoms with Gasteiger partial charge in [0.25, 0.3) is 15.7 Å². The third-order valence-corrected chi connectivity index (χ3v) is 5.02. The lowest BCUT2D eigenvalue weighted by molar-refractivity contribution is 0.244. The Balaban J connectivity index is 2.15. The fourth-order valence-electron chi connectivity index (χ4n) is 2.18. The lowest BCUT2D eigenvalue weighted by atomic mass is 10.2. The van der Waals surface area contributed by atoms with Crippen LogP contribution in [0.3, 0.4) is 0 Å². The molecule has 0 aliphatic heterocycles. The van der Waals surface area contributed by atoms with E-state index in [0.29, 0.717) is 17.4 Å². The van der Waals surface area contributed by atoms with E-state index in [-0.39, 0.29) is 15.8 Å². The van der Waals surface area contributed by atoms with Crippen molar-refractivity contribution in [3.63, 3.8) is 0 Å². The highest BCUT2D eigenvalue weighted by molar-refractivity contribution is 7.86. The molecule has 0 atom stereocenters. The molecular weight excluding hydrogens is 336 g/mol. The summed E-state index contributed by atoms with van der Waals surface area (Å²) in [5, 5.41) is 17.5. The minimum absolute atomic E-state index is 0.0728. The van der Waals surface area contributed by atoms with Crippen LogP contribution in [0.25, 0.3) is 10.9 Å². The van der Waals surface area contributed by atoms with Gasteiger partial charge in [-0.25, -0.2) is 13.5 Å². The lowest BCUT2D eigenvalue weighted by Gasteiger charge is -2.10. The molecule has 0 saturated heterocycles. The van der Waals surface area contributed by atoms with Gasteiger partial charge in [0.1, 0.15) is 6.54 Å². The van der Waals surface area contributed by atoms with Crippen LogP contribution >= 0.6 is 0 Å². The largest absolute Gasteiger partial charge is 0.329 e. The average Bonchev–Trinajstić information content (AvgIpc) is 3.30. The number of hydrogen-bond acceptors (Lipinski definition) is 7. The molecule has 1 N–H and O–H groups in total. The van der Waals surface area contributed by atoms with E-state index in [4.69, 9.17) is 14.7 Å². The number of rotatable bonds is 4. The first-order chi connectivity index (χ1) is 11.3. The van der Waals surface area contributed by atoms with Crippen LogP contribution < -0.4 is 11.2 Å². The highest BCUT2D eigenvalue weighted by atomic mass is 32.2. The standard InChI is InChI=1S/C14H10N4O5S/c15-5-6-18-12(19)10-7-9(1-2-11(10)17-13(18)20)24(21,22)23-14(8-16)3-4-14/h1-2,7H,3-4,6H2,(H,17,20). The molecule has 0 bridgehead atoms. The Kier molecular flexibility index (Phi) is 3.52. The van der Waals surface area contributed by atoms with E-state index in [1.165, 1.54) is 12.1 Å². The molecular formula is C14H10N4O5S. The molecule has 10 heteroatoms. The normalized spacial score (nSPS) is 15.6. The summed E-state index contributed by atoms with van der Waals surface area (Å²) in [4.78, 5) is 26.1. The fourth-order valence-corrected chi connectivity index (χ4v) is 3.40. The van der Waals surface area contributed by atoms with Gasteiger partial charge in [0.15, 0.2) is 5.60 Å². The molecule has 0 radical (unpaired) electrons. The van der Waals surface area contributed by atoms with Crippen LogP contribution in [0.2, 0.25) is 0 Å². The Labute approximate surface area is 135 Å². The molecule has 24 heavy (non-hydrogen) atoms. The molecule has 1 saturated carbocycles. The summed E-state index contributed by atoms with van der Waals surface area (Å²) in [5.74, 6) is 0. The van der Waals surface area contributed by atoms with Gasteiger partial charge in [-0.3, -0.25) is 4.79 Å². The van der Waals surface area contributed by atoms with Gasteiger partial charge in [-0.1, -0.05) is 0 Å². The maximum atomic E-state index is 12.3. The van der Waals surface area contributed by atoms with Crippen LogP contribution in [0.5, 0.6) is 0 Å². The second-order valence-corrected chi connectivity index (χ2v) is 6.88. The predicted molar refractivity (Wildman–Crippen MR) is 80.3 cm³/mol. The number of aromatic amines is 1. The van der Waals surface area contributed by atoms with Crippen molar-refractivity contribution in [2.75, 3.05) is 0 Å². The van der Waals surface area contributed by atoms with Gasteiger partial charge < -0.3 is 4.98 Å². The number of nitrogens with one attached hydrogen (secondary N) is 1. The fraction of sp³-hybridized carbons (Fsp3) is 0.286. The topological polar surface area (TPSA) is 146 Å². The first-order valence-corrected chi connectivity index (χ1v) is 8.23. The van der Waals surface area contributed by atoms with E-state index < -0.39 is 33.5 Å². The van der Waals surface area contributed by atoms with Gasteiger partial charge >= 0.3 is 5.69 Å². The molecule has 1 aliphatic rings. The highest BCUT2D eigenvalue weighted by Gasteiger charge is 2.49. The van der Waals surface area contributed by atoms with Crippen molar-refractivity contribution in [3.05, 3.63) is 39.0 Å². The number of fused-ring (bicyclic) bond motifs is 1. The van der Waals surface area contributed by atoms with Gasteiger partial charge in [-0.05, 0) is 31.0 Å². The van der Waals surface area contributed by atoms with Crippen molar-refractivity contribution in [1.29, 1.82) is 10.5 Å². The van der Waals surface area contributed by atoms with Gasteiger partial charge in [-0.15, -0.1) is 0 Å². The van der Waals surface area contributed by atoms with Crippen molar-refractivity contribution >= 4 is 21.0 Å². The predicted octanol–water partition coefficient (Wildman–Crippen LogP) is -0.0251. The summed E-state index contributed by atoms with van der Waals surface area (Å²) < 4.78 is 30.1. The van der Waals surface area contributed by atoms with Gasteiger partial charge in [0.2, 0.25) is 0 Å². The summed E-state index contributed by atoms with van der Waals surface area (Å²) in [5.41, 5.74) is -2.74. The van der Waals surface area contributed by atoms with E-state index in [1.54, 1.807) is 6.07 Å². The zero-order chi connectivity index (χ0) is 17.5. The molecule has 1 fully saturated rings. The van der Waals surface area contributed by atoms with Crippen molar-refractivity contribution in [1.82, 2.24) is 9.55 Å². The summed E-state index contributed by atoms with van der Waals surface area (Å²) in [6.45, 7) is -0.463. The van der Waals surface area contributed by atoms with E-state index >= 15 is 0 Å². The molecule has 9 nitrogen and oxygen atoms in total. The molecule has 1 heterocycles. The quantitative estimate of drug-likeness (QED) is 0.765. The van der Waals surface area contributed by atoms with E-state index in [2.05, 4.69) is 4.98 Å².